The standard InChI is InChI=1S/C14H23NS/c1-4-11-8-9-13(16-11)14(15-3)12-7-5-6-10(12)2/h8-10,12,14-15H,4-7H2,1-3H3. The Morgan fingerprint density at radius 1 is 1.44 bits per heavy atom. The molecule has 1 aromatic rings. The zero-order valence-corrected chi connectivity index (χ0v) is 11.4. The number of thiophene rings is 1. The first-order valence-corrected chi connectivity index (χ1v) is 7.33. The molecule has 0 bridgehead atoms. The van der Waals surface area contributed by atoms with Crippen LogP contribution in [0.25, 0.3) is 0 Å². The molecule has 0 radical (unpaired) electrons. The molecule has 1 fully saturated rings. The molecule has 1 N–H and O–H groups in total. The van der Waals surface area contributed by atoms with Gasteiger partial charge in [-0.1, -0.05) is 26.7 Å². The van der Waals surface area contributed by atoms with E-state index < -0.39 is 0 Å². The molecule has 0 saturated heterocycles. The summed E-state index contributed by atoms with van der Waals surface area (Å²) < 4.78 is 0. The molecule has 2 heteroatoms. The molecule has 16 heavy (non-hydrogen) atoms. The normalized spacial score (nSPS) is 27.2. The number of aryl methyl sites for hydroxylation is 1. The first-order valence-electron chi connectivity index (χ1n) is 6.52. The largest absolute Gasteiger partial charge is 0.312 e. The summed E-state index contributed by atoms with van der Waals surface area (Å²) >= 11 is 1.99. The molecule has 1 aliphatic rings. The zero-order valence-electron chi connectivity index (χ0n) is 10.6. The monoisotopic (exact) mass is 237 g/mol. The highest BCUT2D eigenvalue weighted by Gasteiger charge is 2.31. The zero-order chi connectivity index (χ0) is 11.5. The Bertz CT molecular complexity index is 331. The van der Waals surface area contributed by atoms with E-state index in [0.717, 1.165) is 11.8 Å². The lowest BCUT2D eigenvalue weighted by atomic mass is 9.89. The van der Waals surface area contributed by atoms with Gasteiger partial charge in [0.25, 0.3) is 0 Å². The highest BCUT2D eigenvalue weighted by Crippen LogP contribution is 2.41. The highest BCUT2D eigenvalue weighted by atomic mass is 32.1. The van der Waals surface area contributed by atoms with Gasteiger partial charge in [-0.15, -0.1) is 11.3 Å². The molecule has 3 atom stereocenters. The van der Waals surface area contributed by atoms with E-state index in [0.29, 0.717) is 6.04 Å². The molecule has 3 unspecified atom stereocenters. The van der Waals surface area contributed by atoms with Crippen LogP contribution in [0, 0.1) is 11.8 Å². The van der Waals surface area contributed by atoms with Crippen LogP contribution in [0.4, 0.5) is 0 Å². The maximum absolute atomic E-state index is 3.54. The van der Waals surface area contributed by atoms with Crippen LogP contribution in [0.5, 0.6) is 0 Å². The van der Waals surface area contributed by atoms with Gasteiger partial charge in [-0.05, 0) is 43.9 Å². The minimum atomic E-state index is 0.586. The minimum absolute atomic E-state index is 0.586. The van der Waals surface area contributed by atoms with E-state index in [9.17, 15) is 0 Å². The molecule has 90 valence electrons. The number of hydrogen-bond donors (Lipinski definition) is 1. The molecule has 0 amide bonds. The average molecular weight is 237 g/mol. The van der Waals surface area contributed by atoms with Crippen molar-refractivity contribution in [1.82, 2.24) is 5.32 Å². The fraction of sp³-hybridized carbons (Fsp3) is 0.714. The van der Waals surface area contributed by atoms with Crippen molar-refractivity contribution in [3.8, 4) is 0 Å². The Labute approximate surface area is 103 Å². The Morgan fingerprint density at radius 3 is 2.75 bits per heavy atom. The van der Waals surface area contributed by atoms with Crippen molar-refractivity contribution in [1.29, 1.82) is 0 Å². The summed E-state index contributed by atoms with van der Waals surface area (Å²) in [4.78, 5) is 3.05. The molecular formula is C14H23NS. The summed E-state index contributed by atoms with van der Waals surface area (Å²) in [5, 5.41) is 3.54. The SMILES string of the molecule is CCc1ccc(C(NC)C2CCCC2C)s1. The second-order valence-corrected chi connectivity index (χ2v) is 6.20. The Kier molecular flexibility index (Phi) is 4.04. The Balaban J connectivity index is 2.15. The van der Waals surface area contributed by atoms with Crippen LogP contribution in [0.1, 0.15) is 48.9 Å². The van der Waals surface area contributed by atoms with E-state index in [1.807, 2.05) is 11.3 Å². The molecule has 1 aromatic heterocycles. The maximum atomic E-state index is 3.54. The fourth-order valence-electron chi connectivity index (χ4n) is 2.99. The van der Waals surface area contributed by atoms with Gasteiger partial charge in [0.15, 0.2) is 0 Å². The summed E-state index contributed by atoms with van der Waals surface area (Å²) in [7, 11) is 2.11. The molecule has 1 heterocycles. The number of hydrogen-bond acceptors (Lipinski definition) is 2. The van der Waals surface area contributed by atoms with E-state index in [1.54, 1.807) is 0 Å². The van der Waals surface area contributed by atoms with Crippen molar-refractivity contribution < 1.29 is 0 Å². The van der Waals surface area contributed by atoms with E-state index in [-0.39, 0.29) is 0 Å². The maximum Gasteiger partial charge on any atom is 0.0443 e. The third kappa shape index (κ3) is 2.33. The molecule has 0 aliphatic heterocycles. The van der Waals surface area contributed by atoms with Gasteiger partial charge in [-0.2, -0.15) is 0 Å². The average Bonchev–Trinajstić information content (AvgIpc) is 2.90. The Hall–Kier alpha value is -0.340. The van der Waals surface area contributed by atoms with Gasteiger partial charge < -0.3 is 5.32 Å². The van der Waals surface area contributed by atoms with E-state index in [1.165, 1.54) is 35.4 Å². The molecular weight excluding hydrogens is 214 g/mol. The number of rotatable bonds is 4. The lowest BCUT2D eigenvalue weighted by molar-refractivity contribution is 0.319. The van der Waals surface area contributed by atoms with Crippen molar-refractivity contribution in [3.63, 3.8) is 0 Å². The van der Waals surface area contributed by atoms with Crippen LogP contribution in [0.15, 0.2) is 12.1 Å². The molecule has 0 aromatic carbocycles. The first-order chi connectivity index (χ1) is 7.76. The minimum Gasteiger partial charge on any atom is -0.312 e. The molecule has 1 saturated carbocycles. The van der Waals surface area contributed by atoms with E-state index in [2.05, 4.69) is 38.3 Å². The lowest BCUT2D eigenvalue weighted by Gasteiger charge is -2.25. The summed E-state index contributed by atoms with van der Waals surface area (Å²) in [5.74, 6) is 1.72. The van der Waals surface area contributed by atoms with Gasteiger partial charge in [0, 0.05) is 15.8 Å². The molecule has 1 aliphatic carbocycles. The van der Waals surface area contributed by atoms with Crippen LogP contribution in [-0.4, -0.2) is 7.05 Å². The van der Waals surface area contributed by atoms with Gasteiger partial charge in [-0.3, -0.25) is 0 Å². The predicted molar refractivity (Wildman–Crippen MR) is 72.0 cm³/mol. The van der Waals surface area contributed by atoms with Crippen LogP contribution < -0.4 is 5.32 Å². The van der Waals surface area contributed by atoms with Gasteiger partial charge >= 0.3 is 0 Å². The summed E-state index contributed by atoms with van der Waals surface area (Å²) in [6, 6.07) is 5.21. The molecule has 2 rings (SSSR count). The van der Waals surface area contributed by atoms with Crippen LogP contribution in [-0.2, 0) is 6.42 Å². The van der Waals surface area contributed by atoms with Gasteiger partial charge in [0.2, 0.25) is 0 Å². The van der Waals surface area contributed by atoms with Crippen molar-refractivity contribution in [2.24, 2.45) is 11.8 Å². The second kappa shape index (κ2) is 5.33. The van der Waals surface area contributed by atoms with Crippen LogP contribution in [0.2, 0.25) is 0 Å². The van der Waals surface area contributed by atoms with Crippen molar-refractivity contribution in [2.75, 3.05) is 7.05 Å². The van der Waals surface area contributed by atoms with E-state index in [4.69, 9.17) is 0 Å². The van der Waals surface area contributed by atoms with Gasteiger partial charge in [-0.25, -0.2) is 0 Å². The molecule has 0 spiro atoms. The highest BCUT2D eigenvalue weighted by molar-refractivity contribution is 7.12. The fourth-order valence-corrected chi connectivity index (χ4v) is 4.13. The predicted octanol–water partition coefficient (Wildman–Crippen LogP) is 4.01. The van der Waals surface area contributed by atoms with Crippen LogP contribution in [0.3, 0.4) is 0 Å². The third-order valence-electron chi connectivity index (χ3n) is 4.00. The summed E-state index contributed by atoms with van der Waals surface area (Å²) in [6.45, 7) is 4.65. The van der Waals surface area contributed by atoms with E-state index >= 15 is 0 Å². The third-order valence-corrected chi connectivity index (χ3v) is 5.32. The van der Waals surface area contributed by atoms with Gasteiger partial charge in [0.1, 0.15) is 0 Å². The quantitative estimate of drug-likeness (QED) is 0.834. The second-order valence-electron chi connectivity index (χ2n) is 5.00. The smallest absolute Gasteiger partial charge is 0.0443 e. The summed E-state index contributed by atoms with van der Waals surface area (Å²) in [6.07, 6.45) is 5.39. The van der Waals surface area contributed by atoms with Gasteiger partial charge in [0.05, 0.1) is 0 Å². The number of nitrogens with one attached hydrogen (secondary N) is 1. The van der Waals surface area contributed by atoms with Crippen molar-refractivity contribution >= 4 is 11.3 Å². The summed E-state index contributed by atoms with van der Waals surface area (Å²) in [5.41, 5.74) is 0. The van der Waals surface area contributed by atoms with Crippen LogP contribution >= 0.6 is 11.3 Å². The Morgan fingerprint density at radius 2 is 2.25 bits per heavy atom. The topological polar surface area (TPSA) is 12.0 Å². The molecule has 1 nitrogen and oxygen atoms in total. The lowest BCUT2D eigenvalue weighted by Crippen LogP contribution is -2.26. The first kappa shape index (κ1) is 12.1. The van der Waals surface area contributed by atoms with Crippen molar-refractivity contribution in [2.45, 2.75) is 45.6 Å². The van der Waals surface area contributed by atoms with Crippen molar-refractivity contribution in [3.05, 3.63) is 21.9 Å².